The van der Waals surface area contributed by atoms with E-state index in [1.165, 1.54) is 0 Å². The van der Waals surface area contributed by atoms with Gasteiger partial charge in [0, 0.05) is 6.42 Å². The van der Waals surface area contributed by atoms with Crippen molar-refractivity contribution in [3.05, 3.63) is 0 Å². The van der Waals surface area contributed by atoms with Crippen LogP contribution in [0.3, 0.4) is 0 Å². The van der Waals surface area contributed by atoms with Crippen LogP contribution in [0.15, 0.2) is 0 Å². The zero-order valence-electron chi connectivity index (χ0n) is 4.11. The first-order valence-corrected chi connectivity index (χ1v) is 1.85. The number of aldehydes is 1. The Balaban J connectivity index is 0. The van der Waals surface area contributed by atoms with Crippen molar-refractivity contribution in [2.75, 3.05) is 0 Å². The molecule has 2 radical (unpaired) electrons. The molecule has 0 aromatic heterocycles. The van der Waals surface area contributed by atoms with E-state index in [1.807, 2.05) is 6.92 Å². The quantitative estimate of drug-likeness (QED) is 0.517. The zero-order valence-corrected chi connectivity index (χ0v) is 9.60. The maximum atomic E-state index is 9.40. The van der Waals surface area contributed by atoms with Gasteiger partial charge in [-0.3, -0.25) is 0 Å². The standard InChI is InChI=1S/C4H8O.Pb.2H/c1-2-3-4-5;;;/h4H,2-3H2,1H3;;;. The van der Waals surface area contributed by atoms with Crippen LogP contribution < -0.4 is 0 Å². The Morgan fingerprint density at radius 2 is 2.17 bits per heavy atom. The molecule has 0 amide bonds. The van der Waals surface area contributed by atoms with Crippen molar-refractivity contribution in [3.8, 4) is 0 Å². The van der Waals surface area contributed by atoms with E-state index >= 15 is 0 Å². The number of carbonyl (C=O) groups excluding carboxylic acids is 1. The molecule has 1 nitrogen and oxygen atoms in total. The summed E-state index contributed by atoms with van der Waals surface area (Å²) in [6.45, 7) is 1.98. The van der Waals surface area contributed by atoms with Gasteiger partial charge in [-0.25, -0.2) is 0 Å². The first kappa shape index (κ1) is 9.78. The molecule has 0 aliphatic heterocycles. The summed E-state index contributed by atoms with van der Waals surface area (Å²) in [4.78, 5) is 9.40. The molecule has 0 saturated heterocycles. The third-order valence-electron chi connectivity index (χ3n) is 0.407. The molecule has 0 fully saturated rings. The van der Waals surface area contributed by atoms with Crippen LogP contribution in [0.1, 0.15) is 19.8 Å². The Morgan fingerprint density at radius 3 is 2.17 bits per heavy atom. The van der Waals surface area contributed by atoms with Gasteiger partial charge in [0.15, 0.2) is 0 Å². The second kappa shape index (κ2) is 9.14. The molecule has 0 rings (SSSR count). The summed E-state index contributed by atoms with van der Waals surface area (Å²) in [6.07, 6.45) is 2.61. The first-order chi connectivity index (χ1) is 2.41. The van der Waals surface area contributed by atoms with Gasteiger partial charge >= 0.3 is 27.3 Å². The van der Waals surface area contributed by atoms with Crippen LogP contribution in [0.5, 0.6) is 0 Å². The van der Waals surface area contributed by atoms with Gasteiger partial charge in [-0.1, -0.05) is 6.92 Å². The Hall–Kier alpha value is 0.592. The molecule has 0 saturated carbocycles. The molecule has 2 heteroatoms. The Kier molecular flexibility index (Phi) is 14.9. The van der Waals surface area contributed by atoms with Crippen molar-refractivity contribution < 1.29 is 4.79 Å². The zero-order chi connectivity index (χ0) is 4.12. The van der Waals surface area contributed by atoms with Crippen LogP contribution in [0.4, 0.5) is 0 Å². The van der Waals surface area contributed by atoms with Crippen LogP contribution in [0.25, 0.3) is 0 Å². The van der Waals surface area contributed by atoms with E-state index in [1.54, 1.807) is 0 Å². The maximum absolute atomic E-state index is 9.40. The van der Waals surface area contributed by atoms with Crippen LogP contribution in [-0.4, -0.2) is 33.6 Å². The average Bonchev–Trinajstić information content (AvgIpc) is 1.41. The van der Waals surface area contributed by atoms with E-state index in [0.717, 1.165) is 12.7 Å². The molecule has 0 aliphatic rings. The van der Waals surface area contributed by atoms with Crippen LogP contribution in [0.2, 0.25) is 0 Å². The van der Waals surface area contributed by atoms with Gasteiger partial charge in [0.05, 0.1) is 0 Å². The molecule has 0 aromatic rings. The number of rotatable bonds is 2. The van der Waals surface area contributed by atoms with E-state index in [4.69, 9.17) is 0 Å². The van der Waals surface area contributed by atoms with E-state index in [-0.39, 0.29) is 27.3 Å². The Morgan fingerprint density at radius 1 is 1.67 bits per heavy atom. The summed E-state index contributed by atoms with van der Waals surface area (Å²) in [6, 6.07) is 0. The molecule has 0 unspecified atom stereocenters. The molecule has 0 heterocycles. The van der Waals surface area contributed by atoms with Crippen molar-refractivity contribution >= 4 is 33.6 Å². The van der Waals surface area contributed by atoms with Gasteiger partial charge in [-0.05, 0) is 6.42 Å². The average molecular weight is 281 g/mol. The van der Waals surface area contributed by atoms with Gasteiger partial charge in [0.1, 0.15) is 6.29 Å². The number of carbonyl (C=O) groups is 1. The summed E-state index contributed by atoms with van der Waals surface area (Å²) in [5.74, 6) is 0. The number of hydrogen-bond acceptors (Lipinski definition) is 1. The summed E-state index contributed by atoms with van der Waals surface area (Å²) in [5, 5.41) is 0. The molecule has 0 aliphatic carbocycles. The van der Waals surface area contributed by atoms with Gasteiger partial charge in [-0.15, -0.1) is 0 Å². The van der Waals surface area contributed by atoms with Crippen LogP contribution in [-0.2, 0) is 4.79 Å². The fourth-order valence-electron chi connectivity index (χ4n) is 0.118. The monoisotopic (exact) mass is 282 g/mol. The van der Waals surface area contributed by atoms with Crippen molar-refractivity contribution in [2.45, 2.75) is 19.8 Å². The first-order valence-electron chi connectivity index (χ1n) is 1.85. The molecular weight excluding hydrogens is 271 g/mol. The van der Waals surface area contributed by atoms with Crippen LogP contribution >= 0.6 is 0 Å². The summed E-state index contributed by atoms with van der Waals surface area (Å²) in [5.41, 5.74) is 0. The topological polar surface area (TPSA) is 17.1 Å². The van der Waals surface area contributed by atoms with Gasteiger partial charge in [0.2, 0.25) is 0 Å². The normalized spacial score (nSPS) is 6.17. The fraction of sp³-hybridized carbons (Fsp3) is 0.750. The minimum absolute atomic E-state index is 0. The summed E-state index contributed by atoms with van der Waals surface area (Å²) < 4.78 is 0. The third-order valence-corrected chi connectivity index (χ3v) is 0.407. The van der Waals surface area contributed by atoms with E-state index in [0.29, 0.717) is 6.42 Å². The Labute approximate surface area is 58.3 Å². The molecule has 0 N–H and O–H groups in total. The van der Waals surface area contributed by atoms with Crippen LogP contribution in [0, 0.1) is 0 Å². The molecule has 0 bridgehead atoms. The SMILES string of the molecule is CCCC=O.[PbH2]. The summed E-state index contributed by atoms with van der Waals surface area (Å²) >= 11 is 0. The van der Waals surface area contributed by atoms with Crippen molar-refractivity contribution in [2.24, 2.45) is 0 Å². The minimum atomic E-state index is 0. The molecular formula is C4H10OPb. The predicted octanol–water partition coefficient (Wildman–Crippen LogP) is 0.0692. The molecule has 0 atom stereocenters. The van der Waals surface area contributed by atoms with E-state index in [9.17, 15) is 4.79 Å². The van der Waals surface area contributed by atoms with Gasteiger partial charge < -0.3 is 4.79 Å². The second-order valence-electron chi connectivity index (χ2n) is 0.955. The summed E-state index contributed by atoms with van der Waals surface area (Å²) in [7, 11) is 0. The molecule has 36 valence electrons. The Bertz CT molecular complexity index is 28.7. The fourth-order valence-corrected chi connectivity index (χ4v) is 0.118. The van der Waals surface area contributed by atoms with Gasteiger partial charge in [0.25, 0.3) is 0 Å². The van der Waals surface area contributed by atoms with E-state index < -0.39 is 0 Å². The number of hydrogen-bond donors (Lipinski definition) is 0. The van der Waals surface area contributed by atoms with Crippen molar-refractivity contribution in [3.63, 3.8) is 0 Å². The van der Waals surface area contributed by atoms with Crippen molar-refractivity contribution in [1.82, 2.24) is 0 Å². The second-order valence-corrected chi connectivity index (χ2v) is 0.955. The number of unbranched alkanes of at least 4 members (excludes halogenated alkanes) is 1. The molecule has 6 heavy (non-hydrogen) atoms. The van der Waals surface area contributed by atoms with Gasteiger partial charge in [-0.2, -0.15) is 0 Å². The predicted molar refractivity (Wildman–Crippen MR) is 29.5 cm³/mol. The third kappa shape index (κ3) is 8.82. The van der Waals surface area contributed by atoms with Crippen molar-refractivity contribution in [1.29, 1.82) is 0 Å². The van der Waals surface area contributed by atoms with E-state index in [2.05, 4.69) is 0 Å². The molecule has 0 aromatic carbocycles. The molecule has 0 spiro atoms.